The third-order valence-electron chi connectivity index (χ3n) is 0.914. The van der Waals surface area contributed by atoms with E-state index in [1.807, 2.05) is 9.24 Å². The molecule has 0 aromatic carbocycles. The molecule has 10 heavy (non-hydrogen) atoms. The molecule has 0 aliphatic rings. The van der Waals surface area contributed by atoms with E-state index in [0.717, 1.165) is 0 Å². The lowest BCUT2D eigenvalue weighted by molar-refractivity contribution is 0.469. The third-order valence-corrected chi connectivity index (χ3v) is 1.32. The van der Waals surface area contributed by atoms with Crippen LogP contribution in [0, 0.1) is 17.6 Å². The number of rotatable bonds is 0. The van der Waals surface area contributed by atoms with E-state index in [2.05, 4.69) is 4.98 Å². The highest BCUT2D eigenvalue weighted by Crippen LogP contribution is 2.03. The Labute approximate surface area is 57.5 Å². The van der Waals surface area contributed by atoms with Gasteiger partial charge in [-0.25, -0.2) is 13.8 Å². The smallest absolute Gasteiger partial charge is 0.215 e. The van der Waals surface area contributed by atoms with Crippen LogP contribution in [0.4, 0.5) is 13.2 Å². The summed E-state index contributed by atoms with van der Waals surface area (Å²) in [7, 11) is 1.85. The van der Waals surface area contributed by atoms with Crippen LogP contribution in [0.3, 0.4) is 0 Å². The van der Waals surface area contributed by atoms with Crippen LogP contribution in [0.2, 0.25) is 0 Å². The molecular weight excluding hydrogens is 162 g/mol. The van der Waals surface area contributed by atoms with Crippen LogP contribution < -0.4 is 5.44 Å². The van der Waals surface area contributed by atoms with Gasteiger partial charge in [0.1, 0.15) is 0 Å². The number of halogens is 3. The zero-order chi connectivity index (χ0) is 7.72. The van der Waals surface area contributed by atoms with E-state index >= 15 is 0 Å². The number of aromatic nitrogens is 1. The van der Waals surface area contributed by atoms with E-state index < -0.39 is 17.6 Å². The Hall–Kier alpha value is -0.630. The fourth-order valence-electron chi connectivity index (χ4n) is 0.457. The second kappa shape index (κ2) is 2.54. The van der Waals surface area contributed by atoms with E-state index in [1.54, 1.807) is 0 Å². The second-order valence-electron chi connectivity index (χ2n) is 1.63. The molecule has 1 rings (SSSR count). The average molecular weight is 165 g/mol. The minimum Gasteiger partial charge on any atom is -0.215 e. The lowest BCUT2D eigenvalue weighted by Crippen LogP contribution is -2.08. The molecule has 0 radical (unpaired) electrons. The predicted octanol–water partition coefficient (Wildman–Crippen LogP) is 0.999. The van der Waals surface area contributed by atoms with Crippen LogP contribution in [0.5, 0.6) is 0 Å². The lowest BCUT2D eigenvalue weighted by Gasteiger charge is -1.94. The van der Waals surface area contributed by atoms with Gasteiger partial charge in [-0.3, -0.25) is 0 Å². The van der Waals surface area contributed by atoms with Crippen molar-refractivity contribution in [3.8, 4) is 0 Å². The Kier molecular flexibility index (Phi) is 1.90. The summed E-state index contributed by atoms with van der Waals surface area (Å²) in [6.07, 6.45) is 0. The van der Waals surface area contributed by atoms with Crippen molar-refractivity contribution in [1.82, 2.24) is 4.98 Å². The maximum absolute atomic E-state index is 12.3. The van der Waals surface area contributed by atoms with Gasteiger partial charge in [0.2, 0.25) is 5.95 Å². The van der Waals surface area contributed by atoms with Crippen molar-refractivity contribution in [3.63, 3.8) is 0 Å². The summed E-state index contributed by atoms with van der Waals surface area (Å²) >= 11 is 0. The molecule has 0 bridgehead atoms. The molecule has 0 saturated carbocycles. The first-order chi connectivity index (χ1) is 4.61. The Morgan fingerprint density at radius 2 is 1.80 bits per heavy atom. The fourth-order valence-corrected chi connectivity index (χ4v) is 0.654. The molecule has 1 unspecified atom stereocenters. The van der Waals surface area contributed by atoms with Crippen molar-refractivity contribution in [3.05, 3.63) is 23.6 Å². The molecule has 54 valence electrons. The summed E-state index contributed by atoms with van der Waals surface area (Å²) in [5.74, 6) is -3.43. The highest BCUT2D eigenvalue weighted by Gasteiger charge is 2.06. The van der Waals surface area contributed by atoms with Crippen molar-refractivity contribution in [2.45, 2.75) is 0 Å². The van der Waals surface area contributed by atoms with Crippen LogP contribution in [0.25, 0.3) is 0 Å². The first-order valence-corrected chi connectivity index (χ1v) is 2.96. The molecule has 1 atom stereocenters. The molecule has 5 heteroatoms. The summed E-state index contributed by atoms with van der Waals surface area (Å²) in [6, 6.07) is 0.449. The first-order valence-electron chi connectivity index (χ1n) is 2.38. The topological polar surface area (TPSA) is 12.9 Å². The van der Waals surface area contributed by atoms with Crippen LogP contribution in [0.1, 0.15) is 0 Å². The monoisotopic (exact) mass is 165 g/mol. The van der Waals surface area contributed by atoms with E-state index in [9.17, 15) is 13.2 Å². The Balaban J connectivity index is 3.28. The molecule has 1 heterocycles. The van der Waals surface area contributed by atoms with Crippen LogP contribution in [-0.4, -0.2) is 4.98 Å². The van der Waals surface area contributed by atoms with Gasteiger partial charge >= 0.3 is 0 Å². The van der Waals surface area contributed by atoms with E-state index in [4.69, 9.17) is 0 Å². The van der Waals surface area contributed by atoms with Gasteiger partial charge in [0.15, 0.2) is 11.6 Å². The van der Waals surface area contributed by atoms with Gasteiger partial charge in [-0.2, -0.15) is 4.39 Å². The fraction of sp³-hybridized carbons (Fsp3) is 0. The van der Waals surface area contributed by atoms with Crippen molar-refractivity contribution in [1.29, 1.82) is 0 Å². The normalized spacial score (nSPS) is 10.0. The molecule has 1 aromatic rings. The quantitative estimate of drug-likeness (QED) is 0.412. The number of hydrogen-bond acceptors (Lipinski definition) is 1. The summed E-state index contributed by atoms with van der Waals surface area (Å²) in [5.41, 5.74) is -0.223. The summed E-state index contributed by atoms with van der Waals surface area (Å²) in [6.45, 7) is 0. The summed E-state index contributed by atoms with van der Waals surface area (Å²) in [5, 5.41) is 0. The lowest BCUT2D eigenvalue weighted by atomic mass is 10.4. The minimum atomic E-state index is -1.29. The van der Waals surface area contributed by atoms with Gasteiger partial charge in [-0.1, -0.05) is 9.24 Å². The Morgan fingerprint density at radius 1 is 1.20 bits per heavy atom. The van der Waals surface area contributed by atoms with Gasteiger partial charge in [0.05, 0.1) is 5.44 Å². The van der Waals surface area contributed by atoms with Gasteiger partial charge < -0.3 is 0 Å². The van der Waals surface area contributed by atoms with Gasteiger partial charge in [0, 0.05) is 6.07 Å². The molecule has 0 saturated heterocycles. The largest absolute Gasteiger partial charge is 0.249 e. The van der Waals surface area contributed by atoms with Crippen LogP contribution in [-0.2, 0) is 0 Å². The van der Waals surface area contributed by atoms with Crippen LogP contribution >= 0.6 is 9.24 Å². The summed E-state index contributed by atoms with van der Waals surface area (Å²) < 4.78 is 36.4. The zero-order valence-corrected chi connectivity index (χ0v) is 5.89. The highest BCUT2D eigenvalue weighted by molar-refractivity contribution is 7.26. The van der Waals surface area contributed by atoms with Gasteiger partial charge in [0.25, 0.3) is 0 Å². The van der Waals surface area contributed by atoms with Crippen molar-refractivity contribution in [2.75, 3.05) is 0 Å². The molecule has 0 fully saturated rings. The van der Waals surface area contributed by atoms with Gasteiger partial charge in [-0.05, 0) is 0 Å². The first kappa shape index (κ1) is 7.48. The maximum Gasteiger partial charge on any atom is 0.249 e. The number of nitrogens with zero attached hydrogens (tertiary/aromatic N) is 1. The molecule has 1 aromatic heterocycles. The maximum atomic E-state index is 12.3. The average Bonchev–Trinajstić information content (AvgIpc) is 1.84. The predicted molar refractivity (Wildman–Crippen MR) is 33.5 cm³/mol. The minimum absolute atomic E-state index is 0.223. The Morgan fingerprint density at radius 3 is 2.30 bits per heavy atom. The van der Waals surface area contributed by atoms with E-state index in [0.29, 0.717) is 6.07 Å². The summed E-state index contributed by atoms with van der Waals surface area (Å²) in [4.78, 5) is 2.92. The van der Waals surface area contributed by atoms with E-state index in [1.165, 1.54) is 0 Å². The molecule has 0 aliphatic heterocycles. The molecule has 0 amide bonds. The van der Waals surface area contributed by atoms with Gasteiger partial charge in [-0.15, -0.1) is 0 Å². The third kappa shape index (κ3) is 1.27. The van der Waals surface area contributed by atoms with Crippen LogP contribution in [0.15, 0.2) is 6.07 Å². The van der Waals surface area contributed by atoms with Crippen molar-refractivity contribution >= 4 is 14.7 Å². The van der Waals surface area contributed by atoms with Crippen molar-refractivity contribution in [2.24, 2.45) is 0 Å². The molecule has 1 nitrogen and oxygen atoms in total. The molecule has 0 N–H and O–H groups in total. The van der Waals surface area contributed by atoms with E-state index in [-0.39, 0.29) is 5.44 Å². The zero-order valence-electron chi connectivity index (χ0n) is 4.74. The second-order valence-corrected chi connectivity index (χ2v) is 2.17. The molecule has 0 aliphatic carbocycles. The highest BCUT2D eigenvalue weighted by atomic mass is 31.0. The molecule has 0 spiro atoms. The van der Waals surface area contributed by atoms with Crippen molar-refractivity contribution < 1.29 is 13.2 Å². The number of hydrogen-bond donors (Lipinski definition) is 0. The standard InChI is InChI=1S/C5H3F3NP/c6-2-1-3(7)5(10)9-4(2)8/h1H,10H2. The molecular formula is C5H3F3NP. The SMILES string of the molecule is Fc1cc(F)c(P)nc1F. The number of pyridine rings is 1. The Bertz CT molecular complexity index is 213.